The van der Waals surface area contributed by atoms with E-state index in [-0.39, 0.29) is 11.6 Å². The van der Waals surface area contributed by atoms with Gasteiger partial charge < -0.3 is 20.3 Å². The summed E-state index contributed by atoms with van der Waals surface area (Å²) in [5.74, 6) is 0.821. The molecule has 2 heterocycles. The van der Waals surface area contributed by atoms with Crippen LogP contribution in [0.3, 0.4) is 0 Å². The molecule has 26 heavy (non-hydrogen) atoms. The van der Waals surface area contributed by atoms with Crippen molar-refractivity contribution in [3.8, 4) is 0 Å². The zero-order valence-electron chi connectivity index (χ0n) is 17.1. The summed E-state index contributed by atoms with van der Waals surface area (Å²) in [5.41, 5.74) is 1.24. The molecule has 0 aromatic carbocycles. The Morgan fingerprint density at radius 2 is 2.04 bits per heavy atom. The van der Waals surface area contributed by atoms with Crippen LogP contribution in [0, 0.1) is 0 Å². The number of nitrogens with zero attached hydrogens (tertiary/aromatic N) is 5. The molecule has 1 aliphatic heterocycles. The van der Waals surface area contributed by atoms with Gasteiger partial charge >= 0.3 is 0 Å². The molecule has 2 rings (SSSR count). The van der Waals surface area contributed by atoms with Crippen molar-refractivity contribution in [3.63, 3.8) is 0 Å². The number of aryl methyl sites for hydroxylation is 1. The van der Waals surface area contributed by atoms with Gasteiger partial charge in [0.1, 0.15) is 0 Å². The van der Waals surface area contributed by atoms with Crippen LogP contribution in [-0.4, -0.2) is 91.6 Å². The van der Waals surface area contributed by atoms with Crippen molar-refractivity contribution < 1.29 is 4.74 Å². The third kappa shape index (κ3) is 5.69. The summed E-state index contributed by atoms with van der Waals surface area (Å²) < 4.78 is 7.30. The van der Waals surface area contributed by atoms with Gasteiger partial charge in [0.05, 0.1) is 25.5 Å². The van der Waals surface area contributed by atoms with Gasteiger partial charge in [0.15, 0.2) is 5.96 Å². The number of aromatic nitrogens is 2. The number of nitrogens with one attached hydrogen (secondary N) is 2. The summed E-state index contributed by atoms with van der Waals surface area (Å²) in [7, 11) is 7.91. The molecule has 0 spiro atoms. The van der Waals surface area contributed by atoms with E-state index in [1.165, 1.54) is 5.56 Å². The number of hydrogen-bond donors (Lipinski definition) is 2. The molecule has 1 atom stereocenters. The number of likely N-dealkylation sites (N-methyl/N-ethyl adjacent to an activating group) is 1. The third-order valence-electron chi connectivity index (χ3n) is 4.98. The van der Waals surface area contributed by atoms with Crippen molar-refractivity contribution in [2.24, 2.45) is 12.0 Å². The largest absolute Gasteiger partial charge is 0.379 e. The maximum absolute atomic E-state index is 5.46. The van der Waals surface area contributed by atoms with E-state index in [0.717, 1.165) is 45.4 Å². The van der Waals surface area contributed by atoms with E-state index < -0.39 is 0 Å². The Labute approximate surface area is 157 Å². The molecule has 148 valence electrons. The van der Waals surface area contributed by atoms with Crippen LogP contribution < -0.4 is 10.6 Å². The second-order valence-corrected chi connectivity index (χ2v) is 7.65. The predicted octanol–water partition coefficient (Wildman–Crippen LogP) is 0.299. The van der Waals surface area contributed by atoms with Crippen molar-refractivity contribution in [1.82, 2.24) is 30.2 Å². The van der Waals surface area contributed by atoms with Crippen LogP contribution in [0.1, 0.15) is 25.5 Å². The van der Waals surface area contributed by atoms with Gasteiger partial charge in [-0.15, -0.1) is 0 Å². The van der Waals surface area contributed by atoms with Gasteiger partial charge in [-0.2, -0.15) is 5.10 Å². The molecule has 1 unspecified atom stereocenters. The average molecular weight is 366 g/mol. The molecule has 1 aromatic rings. The second-order valence-electron chi connectivity index (χ2n) is 7.65. The Bertz CT molecular complexity index is 576. The first-order chi connectivity index (χ1) is 12.3. The lowest BCUT2D eigenvalue weighted by molar-refractivity contribution is -0.00834. The highest BCUT2D eigenvalue weighted by Crippen LogP contribution is 2.17. The van der Waals surface area contributed by atoms with Crippen LogP contribution in [0.15, 0.2) is 17.4 Å². The molecule has 0 amide bonds. The van der Waals surface area contributed by atoms with Gasteiger partial charge in [0, 0.05) is 57.6 Å². The van der Waals surface area contributed by atoms with Gasteiger partial charge in [-0.05, 0) is 27.9 Å². The first-order valence-electron chi connectivity index (χ1n) is 9.26. The molecule has 1 aromatic heterocycles. The summed E-state index contributed by atoms with van der Waals surface area (Å²) in [6.07, 6.45) is 3.98. The first-order valence-corrected chi connectivity index (χ1v) is 9.26. The lowest BCUT2D eigenvalue weighted by atomic mass is 10.0. The molecular formula is C18H35N7O. The van der Waals surface area contributed by atoms with Crippen molar-refractivity contribution >= 4 is 5.96 Å². The number of rotatable bonds is 7. The van der Waals surface area contributed by atoms with E-state index in [4.69, 9.17) is 4.74 Å². The van der Waals surface area contributed by atoms with Crippen LogP contribution >= 0.6 is 0 Å². The minimum absolute atomic E-state index is 0.0473. The standard InChI is InChI=1S/C18H35N7O/c1-18(2,25-7-9-26-10-8-25)14-21-17(19-3)20-12-16(23(4)5)15-11-22-24(6)13-15/h11,13,16H,7-10,12,14H2,1-6H3,(H2,19,20,21). The molecule has 1 saturated heterocycles. The van der Waals surface area contributed by atoms with Gasteiger partial charge in [0.25, 0.3) is 0 Å². The van der Waals surface area contributed by atoms with E-state index in [9.17, 15) is 0 Å². The zero-order valence-corrected chi connectivity index (χ0v) is 17.1. The number of aliphatic imine (C=N–C) groups is 1. The van der Waals surface area contributed by atoms with E-state index in [1.807, 2.05) is 25.0 Å². The molecule has 2 N–H and O–H groups in total. The molecule has 8 nitrogen and oxygen atoms in total. The molecular weight excluding hydrogens is 330 g/mol. The van der Waals surface area contributed by atoms with Crippen LogP contribution in [0.2, 0.25) is 0 Å². The molecule has 1 fully saturated rings. The van der Waals surface area contributed by atoms with Gasteiger partial charge in [-0.1, -0.05) is 0 Å². The Morgan fingerprint density at radius 1 is 1.35 bits per heavy atom. The van der Waals surface area contributed by atoms with Crippen molar-refractivity contribution in [2.75, 3.05) is 60.5 Å². The fourth-order valence-corrected chi connectivity index (χ4v) is 3.21. The van der Waals surface area contributed by atoms with Gasteiger partial charge in [-0.3, -0.25) is 14.6 Å². The highest BCUT2D eigenvalue weighted by molar-refractivity contribution is 5.79. The number of ether oxygens (including phenoxy) is 1. The fourth-order valence-electron chi connectivity index (χ4n) is 3.21. The smallest absolute Gasteiger partial charge is 0.191 e. The fraction of sp³-hybridized carbons (Fsp3) is 0.778. The summed E-state index contributed by atoms with van der Waals surface area (Å²) in [5, 5.41) is 11.2. The minimum atomic E-state index is 0.0473. The van der Waals surface area contributed by atoms with Crippen LogP contribution in [0.25, 0.3) is 0 Å². The maximum Gasteiger partial charge on any atom is 0.191 e. The monoisotopic (exact) mass is 365 g/mol. The van der Waals surface area contributed by atoms with Crippen molar-refractivity contribution in [1.29, 1.82) is 0 Å². The Balaban J connectivity index is 1.88. The van der Waals surface area contributed by atoms with Gasteiger partial charge in [-0.25, -0.2) is 0 Å². The van der Waals surface area contributed by atoms with Crippen LogP contribution in [0.4, 0.5) is 0 Å². The van der Waals surface area contributed by atoms with Gasteiger partial charge in [0.2, 0.25) is 0 Å². The van der Waals surface area contributed by atoms with E-state index in [1.54, 1.807) is 0 Å². The lowest BCUT2D eigenvalue weighted by Crippen LogP contribution is -2.56. The second kappa shape index (κ2) is 9.34. The van der Waals surface area contributed by atoms with E-state index in [2.05, 4.69) is 64.7 Å². The quantitative estimate of drug-likeness (QED) is 0.535. The molecule has 1 aliphatic rings. The Hall–Kier alpha value is -1.64. The molecule has 0 radical (unpaired) electrons. The molecule has 8 heteroatoms. The average Bonchev–Trinajstić information content (AvgIpc) is 3.04. The highest BCUT2D eigenvalue weighted by Gasteiger charge is 2.28. The predicted molar refractivity (Wildman–Crippen MR) is 105 cm³/mol. The number of guanidine groups is 1. The van der Waals surface area contributed by atoms with Crippen molar-refractivity contribution in [3.05, 3.63) is 18.0 Å². The topological polar surface area (TPSA) is 70.0 Å². The molecule has 0 aliphatic carbocycles. The van der Waals surface area contributed by atoms with Crippen LogP contribution in [-0.2, 0) is 11.8 Å². The normalized spacial score (nSPS) is 18.2. The molecule has 0 saturated carbocycles. The maximum atomic E-state index is 5.46. The van der Waals surface area contributed by atoms with E-state index in [0.29, 0.717) is 0 Å². The van der Waals surface area contributed by atoms with E-state index >= 15 is 0 Å². The van der Waals surface area contributed by atoms with Crippen LogP contribution in [0.5, 0.6) is 0 Å². The Kier molecular flexibility index (Phi) is 7.43. The number of hydrogen-bond acceptors (Lipinski definition) is 5. The summed E-state index contributed by atoms with van der Waals surface area (Å²) >= 11 is 0. The lowest BCUT2D eigenvalue weighted by Gasteiger charge is -2.41. The minimum Gasteiger partial charge on any atom is -0.379 e. The third-order valence-corrected chi connectivity index (χ3v) is 4.98. The SMILES string of the molecule is CN=C(NCC(c1cnn(C)c1)N(C)C)NCC(C)(C)N1CCOCC1. The summed E-state index contributed by atoms with van der Waals surface area (Å²) in [4.78, 5) is 9.04. The number of morpholine rings is 1. The van der Waals surface area contributed by atoms with Crippen molar-refractivity contribution in [2.45, 2.75) is 25.4 Å². The summed E-state index contributed by atoms with van der Waals surface area (Å²) in [6, 6.07) is 0.231. The first kappa shape index (κ1) is 20.7. The molecule has 0 bridgehead atoms. The zero-order chi connectivity index (χ0) is 19.2. The highest BCUT2D eigenvalue weighted by atomic mass is 16.5. The Morgan fingerprint density at radius 3 is 2.58 bits per heavy atom. The summed E-state index contributed by atoms with van der Waals surface area (Å²) in [6.45, 7) is 9.68.